The first-order chi connectivity index (χ1) is 7.04. The molecule has 1 atom stereocenters. The van der Waals surface area contributed by atoms with Crippen LogP contribution in [0.2, 0.25) is 0 Å². The van der Waals surface area contributed by atoms with E-state index in [-0.39, 0.29) is 6.42 Å². The second-order valence-electron chi connectivity index (χ2n) is 3.36. The van der Waals surface area contributed by atoms with E-state index in [9.17, 15) is 9.90 Å². The Labute approximate surface area is 88.1 Å². The molecular formula is C11H14O4. The Morgan fingerprint density at radius 3 is 2.73 bits per heavy atom. The van der Waals surface area contributed by atoms with E-state index >= 15 is 0 Å². The van der Waals surface area contributed by atoms with Crippen molar-refractivity contribution >= 4 is 5.97 Å². The molecule has 0 bridgehead atoms. The van der Waals surface area contributed by atoms with E-state index in [0.29, 0.717) is 5.75 Å². The number of aryl methyl sites for hydroxylation is 1. The molecule has 0 saturated carbocycles. The van der Waals surface area contributed by atoms with Crippen LogP contribution < -0.4 is 4.74 Å². The smallest absolute Gasteiger partial charge is 0.332 e. The zero-order chi connectivity index (χ0) is 11.4. The summed E-state index contributed by atoms with van der Waals surface area (Å²) >= 11 is 0. The first-order valence-corrected chi connectivity index (χ1v) is 4.59. The number of aliphatic hydroxyl groups is 1. The van der Waals surface area contributed by atoms with Gasteiger partial charge >= 0.3 is 5.97 Å². The molecule has 82 valence electrons. The minimum Gasteiger partial charge on any atom is -0.496 e. The van der Waals surface area contributed by atoms with Gasteiger partial charge < -0.3 is 14.9 Å². The Balaban J connectivity index is 2.83. The maximum absolute atomic E-state index is 10.4. The molecule has 0 spiro atoms. The highest BCUT2D eigenvalue weighted by molar-refractivity contribution is 5.72. The molecule has 2 N–H and O–H groups in total. The van der Waals surface area contributed by atoms with Crippen LogP contribution >= 0.6 is 0 Å². The van der Waals surface area contributed by atoms with Crippen molar-refractivity contribution in [3.63, 3.8) is 0 Å². The molecule has 1 unspecified atom stereocenters. The number of benzene rings is 1. The number of carboxylic acid groups (broad SMARTS) is 1. The molecule has 0 aliphatic carbocycles. The van der Waals surface area contributed by atoms with Gasteiger partial charge in [0, 0.05) is 6.42 Å². The topological polar surface area (TPSA) is 66.8 Å². The monoisotopic (exact) mass is 210 g/mol. The average Bonchev–Trinajstić information content (AvgIpc) is 2.20. The number of aliphatic carboxylic acids is 1. The number of aliphatic hydroxyl groups excluding tert-OH is 1. The summed E-state index contributed by atoms with van der Waals surface area (Å²) < 4.78 is 5.10. The summed E-state index contributed by atoms with van der Waals surface area (Å²) in [6.07, 6.45) is -1.27. The van der Waals surface area contributed by atoms with Gasteiger partial charge in [0.1, 0.15) is 5.75 Å². The van der Waals surface area contributed by atoms with Crippen molar-refractivity contribution in [2.24, 2.45) is 0 Å². The molecule has 0 heterocycles. The lowest BCUT2D eigenvalue weighted by atomic mass is 10.1. The predicted molar refractivity (Wildman–Crippen MR) is 55.1 cm³/mol. The van der Waals surface area contributed by atoms with Crippen LogP contribution in [-0.4, -0.2) is 29.4 Å². The molecular weight excluding hydrogens is 196 g/mol. The van der Waals surface area contributed by atoms with Crippen LogP contribution in [0.4, 0.5) is 0 Å². The maximum Gasteiger partial charge on any atom is 0.332 e. The summed E-state index contributed by atoms with van der Waals surface area (Å²) in [4.78, 5) is 10.4. The molecule has 0 aliphatic rings. The van der Waals surface area contributed by atoms with Crippen molar-refractivity contribution < 1.29 is 19.7 Å². The third kappa shape index (κ3) is 2.95. The van der Waals surface area contributed by atoms with Crippen molar-refractivity contribution in [1.29, 1.82) is 0 Å². The highest BCUT2D eigenvalue weighted by Crippen LogP contribution is 2.19. The number of ether oxygens (including phenoxy) is 1. The molecule has 0 amide bonds. The molecule has 1 aromatic carbocycles. The summed E-state index contributed by atoms with van der Waals surface area (Å²) in [5.41, 5.74) is 1.72. The lowest BCUT2D eigenvalue weighted by Crippen LogP contribution is -2.21. The summed E-state index contributed by atoms with van der Waals surface area (Å²) in [5.74, 6) is -0.514. The van der Waals surface area contributed by atoms with E-state index in [1.165, 1.54) is 0 Å². The molecule has 0 saturated heterocycles. The molecule has 4 nitrogen and oxygen atoms in total. The Morgan fingerprint density at radius 1 is 1.53 bits per heavy atom. The first-order valence-electron chi connectivity index (χ1n) is 4.59. The standard InChI is InChI=1S/C11H14O4/c1-7-3-4-8(6-10(7)15-2)5-9(12)11(13)14/h3-4,6,9,12H,5H2,1-2H3,(H,13,14). The summed E-state index contributed by atoms with van der Waals surface area (Å²) in [5, 5.41) is 17.7. The normalized spacial score (nSPS) is 12.2. The number of rotatable bonds is 4. The quantitative estimate of drug-likeness (QED) is 0.777. The molecule has 0 aromatic heterocycles. The highest BCUT2D eigenvalue weighted by atomic mass is 16.5. The van der Waals surface area contributed by atoms with Gasteiger partial charge in [0.2, 0.25) is 0 Å². The fraction of sp³-hybridized carbons (Fsp3) is 0.364. The largest absolute Gasteiger partial charge is 0.496 e. The van der Waals surface area contributed by atoms with E-state index in [2.05, 4.69) is 0 Å². The third-order valence-electron chi connectivity index (χ3n) is 2.19. The Kier molecular flexibility index (Phi) is 3.68. The van der Waals surface area contributed by atoms with Gasteiger partial charge in [-0.15, -0.1) is 0 Å². The zero-order valence-electron chi connectivity index (χ0n) is 8.73. The van der Waals surface area contributed by atoms with Crippen LogP contribution in [0.15, 0.2) is 18.2 Å². The summed E-state index contributed by atoms with van der Waals surface area (Å²) in [6.45, 7) is 1.90. The molecule has 0 fully saturated rings. The lowest BCUT2D eigenvalue weighted by molar-refractivity contribution is -0.146. The van der Waals surface area contributed by atoms with Crippen LogP contribution in [0.3, 0.4) is 0 Å². The minimum absolute atomic E-state index is 0.0893. The number of carbonyl (C=O) groups is 1. The third-order valence-corrected chi connectivity index (χ3v) is 2.19. The van der Waals surface area contributed by atoms with Gasteiger partial charge in [0.15, 0.2) is 6.10 Å². The van der Waals surface area contributed by atoms with Crippen molar-refractivity contribution in [3.05, 3.63) is 29.3 Å². The lowest BCUT2D eigenvalue weighted by Gasteiger charge is -2.09. The fourth-order valence-corrected chi connectivity index (χ4v) is 1.30. The zero-order valence-corrected chi connectivity index (χ0v) is 8.73. The van der Waals surface area contributed by atoms with Gasteiger partial charge in [-0.1, -0.05) is 12.1 Å². The Morgan fingerprint density at radius 2 is 2.20 bits per heavy atom. The molecule has 1 aromatic rings. The molecule has 1 rings (SSSR count). The SMILES string of the molecule is COc1cc(CC(O)C(=O)O)ccc1C. The van der Waals surface area contributed by atoms with E-state index in [4.69, 9.17) is 9.84 Å². The average molecular weight is 210 g/mol. The van der Waals surface area contributed by atoms with Crippen LogP contribution in [-0.2, 0) is 11.2 Å². The van der Waals surface area contributed by atoms with Crippen LogP contribution in [0.1, 0.15) is 11.1 Å². The van der Waals surface area contributed by atoms with Gasteiger partial charge in [0.05, 0.1) is 7.11 Å². The van der Waals surface area contributed by atoms with Crippen molar-refractivity contribution in [2.75, 3.05) is 7.11 Å². The van der Waals surface area contributed by atoms with E-state index < -0.39 is 12.1 Å². The molecule has 4 heteroatoms. The van der Waals surface area contributed by atoms with Crippen molar-refractivity contribution in [2.45, 2.75) is 19.4 Å². The Bertz CT molecular complexity index is 360. The number of hydrogen-bond acceptors (Lipinski definition) is 3. The molecule has 0 aliphatic heterocycles. The fourth-order valence-electron chi connectivity index (χ4n) is 1.30. The summed E-state index contributed by atoms with van der Waals surface area (Å²) in [7, 11) is 1.56. The van der Waals surface area contributed by atoms with E-state index in [0.717, 1.165) is 11.1 Å². The van der Waals surface area contributed by atoms with Crippen molar-refractivity contribution in [1.82, 2.24) is 0 Å². The number of carboxylic acids is 1. The number of methoxy groups -OCH3 is 1. The van der Waals surface area contributed by atoms with Gasteiger partial charge in [-0.05, 0) is 24.1 Å². The number of hydrogen-bond donors (Lipinski definition) is 2. The van der Waals surface area contributed by atoms with E-state index in [1.54, 1.807) is 19.2 Å². The summed E-state index contributed by atoms with van der Waals surface area (Å²) in [6, 6.07) is 5.36. The van der Waals surface area contributed by atoms with Gasteiger partial charge in [0.25, 0.3) is 0 Å². The van der Waals surface area contributed by atoms with Crippen LogP contribution in [0.25, 0.3) is 0 Å². The van der Waals surface area contributed by atoms with Gasteiger partial charge in [-0.2, -0.15) is 0 Å². The second-order valence-corrected chi connectivity index (χ2v) is 3.36. The van der Waals surface area contributed by atoms with Crippen LogP contribution in [0, 0.1) is 6.92 Å². The van der Waals surface area contributed by atoms with Gasteiger partial charge in [-0.3, -0.25) is 0 Å². The Hall–Kier alpha value is -1.55. The van der Waals surface area contributed by atoms with E-state index in [1.807, 2.05) is 13.0 Å². The highest BCUT2D eigenvalue weighted by Gasteiger charge is 2.14. The minimum atomic E-state index is -1.36. The second kappa shape index (κ2) is 4.79. The maximum atomic E-state index is 10.4. The van der Waals surface area contributed by atoms with Crippen LogP contribution in [0.5, 0.6) is 5.75 Å². The molecule has 0 radical (unpaired) electrons. The van der Waals surface area contributed by atoms with Gasteiger partial charge in [-0.25, -0.2) is 4.79 Å². The predicted octanol–water partition coefficient (Wildman–Crippen LogP) is 0.992. The first kappa shape index (κ1) is 11.5. The van der Waals surface area contributed by atoms with Crippen molar-refractivity contribution in [3.8, 4) is 5.75 Å². The molecule has 15 heavy (non-hydrogen) atoms.